The van der Waals surface area contributed by atoms with Crippen molar-refractivity contribution in [2.75, 3.05) is 0 Å². The third-order valence-electron chi connectivity index (χ3n) is 2.55. The molecule has 1 aliphatic heterocycles. The standard InChI is InChI=1S/C12H12N2O2S/c13-11(15)17(12(14)16)7-6-10(8-17)9-4-2-1-3-5-9/h1-8H,(H2,13,15)(H2,14,16). The van der Waals surface area contributed by atoms with Crippen LogP contribution in [0.5, 0.6) is 0 Å². The SMILES string of the molecule is NC(=O)S1(C(N)=O)C=CC(c2ccccc2)=C1. The smallest absolute Gasteiger partial charge is 0.274 e. The highest BCUT2D eigenvalue weighted by Gasteiger charge is 2.35. The van der Waals surface area contributed by atoms with Crippen molar-refractivity contribution >= 4 is 26.1 Å². The van der Waals surface area contributed by atoms with E-state index >= 15 is 0 Å². The van der Waals surface area contributed by atoms with Crippen LogP contribution in [0.2, 0.25) is 0 Å². The van der Waals surface area contributed by atoms with Crippen molar-refractivity contribution in [1.29, 1.82) is 0 Å². The first-order valence-electron chi connectivity index (χ1n) is 4.94. The lowest BCUT2D eigenvalue weighted by Gasteiger charge is -2.22. The van der Waals surface area contributed by atoms with E-state index in [0.717, 1.165) is 11.1 Å². The van der Waals surface area contributed by atoms with E-state index in [1.807, 2.05) is 30.3 Å². The fraction of sp³-hybridized carbons (Fsp3) is 0. The number of primary amides is 2. The van der Waals surface area contributed by atoms with Gasteiger partial charge in [0.05, 0.1) is 0 Å². The van der Waals surface area contributed by atoms with Crippen molar-refractivity contribution in [3.63, 3.8) is 0 Å². The van der Waals surface area contributed by atoms with E-state index in [1.54, 1.807) is 11.5 Å². The summed E-state index contributed by atoms with van der Waals surface area (Å²) in [6.07, 6.45) is 1.72. The van der Waals surface area contributed by atoms with Crippen LogP contribution in [0.4, 0.5) is 9.59 Å². The number of carbonyl (C=O) groups excluding carboxylic acids is 2. The Morgan fingerprint density at radius 1 is 1.00 bits per heavy atom. The van der Waals surface area contributed by atoms with Crippen molar-refractivity contribution in [3.8, 4) is 0 Å². The topological polar surface area (TPSA) is 86.2 Å². The molecule has 4 nitrogen and oxygen atoms in total. The fourth-order valence-electron chi connectivity index (χ4n) is 1.60. The van der Waals surface area contributed by atoms with Gasteiger partial charge in [-0.05, 0) is 38.1 Å². The van der Waals surface area contributed by atoms with E-state index in [-0.39, 0.29) is 0 Å². The van der Waals surface area contributed by atoms with E-state index in [0.29, 0.717) is 0 Å². The summed E-state index contributed by atoms with van der Waals surface area (Å²) in [6, 6.07) is 9.45. The van der Waals surface area contributed by atoms with Crippen LogP contribution in [0.3, 0.4) is 0 Å². The van der Waals surface area contributed by atoms with Crippen LogP contribution in [-0.4, -0.2) is 10.5 Å². The van der Waals surface area contributed by atoms with E-state index < -0.39 is 20.5 Å². The molecule has 5 heteroatoms. The molecule has 2 rings (SSSR count). The molecular formula is C12H12N2O2S. The molecule has 1 aromatic carbocycles. The van der Waals surface area contributed by atoms with E-state index in [4.69, 9.17) is 11.5 Å². The average molecular weight is 248 g/mol. The molecule has 0 aromatic heterocycles. The summed E-state index contributed by atoms with van der Waals surface area (Å²) in [4.78, 5) is 22.8. The van der Waals surface area contributed by atoms with E-state index in [2.05, 4.69) is 0 Å². The zero-order chi connectivity index (χ0) is 12.5. The van der Waals surface area contributed by atoms with Crippen LogP contribution < -0.4 is 11.5 Å². The molecule has 1 aromatic rings. The molecule has 0 spiro atoms. The van der Waals surface area contributed by atoms with Crippen LogP contribution >= 0.6 is 10.0 Å². The lowest BCUT2D eigenvalue weighted by molar-refractivity contribution is 0.263. The predicted molar refractivity (Wildman–Crippen MR) is 70.3 cm³/mol. The van der Waals surface area contributed by atoms with Gasteiger partial charge in [0.1, 0.15) is 0 Å². The Labute approximate surface area is 100 Å². The largest absolute Gasteiger partial charge is 0.361 e. The summed E-state index contributed by atoms with van der Waals surface area (Å²) < 4.78 is 0. The van der Waals surface area contributed by atoms with Crippen molar-refractivity contribution in [3.05, 3.63) is 52.8 Å². The van der Waals surface area contributed by atoms with Gasteiger partial charge < -0.3 is 11.5 Å². The summed E-state index contributed by atoms with van der Waals surface area (Å²) in [5, 5.41) is 1.77. The highest BCUT2D eigenvalue weighted by molar-refractivity contribution is 8.59. The Morgan fingerprint density at radius 2 is 1.59 bits per heavy atom. The van der Waals surface area contributed by atoms with Gasteiger partial charge in [-0.25, -0.2) is 0 Å². The summed E-state index contributed by atoms with van der Waals surface area (Å²) in [7, 11) is -2.46. The number of carbonyl (C=O) groups is 2. The Balaban J connectivity index is 2.47. The fourth-order valence-corrected chi connectivity index (χ4v) is 3.36. The third kappa shape index (κ3) is 1.85. The Hall–Kier alpha value is -2.01. The molecule has 0 saturated heterocycles. The van der Waals surface area contributed by atoms with Gasteiger partial charge in [0.2, 0.25) is 0 Å². The molecule has 4 N–H and O–H groups in total. The number of benzene rings is 1. The summed E-state index contributed by atoms with van der Waals surface area (Å²) in [5.41, 5.74) is 12.3. The second-order valence-corrected chi connectivity index (χ2v) is 6.32. The van der Waals surface area contributed by atoms with Gasteiger partial charge in [-0.3, -0.25) is 9.59 Å². The van der Waals surface area contributed by atoms with Crippen LogP contribution in [0.25, 0.3) is 5.57 Å². The molecule has 0 bridgehead atoms. The minimum atomic E-state index is -2.46. The molecular weight excluding hydrogens is 236 g/mol. The summed E-state index contributed by atoms with van der Waals surface area (Å²) >= 11 is 0. The van der Waals surface area contributed by atoms with Gasteiger partial charge >= 0.3 is 0 Å². The first-order valence-corrected chi connectivity index (χ1v) is 6.70. The van der Waals surface area contributed by atoms with Gasteiger partial charge in [0, 0.05) is 0 Å². The van der Waals surface area contributed by atoms with Crippen LogP contribution in [0, 0.1) is 0 Å². The lowest BCUT2D eigenvalue weighted by Crippen LogP contribution is -2.26. The average Bonchev–Trinajstić information content (AvgIpc) is 2.76. The molecule has 0 aliphatic carbocycles. The summed E-state index contributed by atoms with van der Waals surface area (Å²) in [6.45, 7) is 0. The molecule has 88 valence electrons. The Kier molecular flexibility index (Phi) is 2.77. The number of allylic oxidation sites excluding steroid dienone is 2. The molecule has 1 aliphatic rings. The molecule has 0 radical (unpaired) electrons. The van der Waals surface area contributed by atoms with Crippen LogP contribution in [0.1, 0.15) is 5.56 Å². The van der Waals surface area contributed by atoms with Crippen molar-refractivity contribution < 1.29 is 9.59 Å². The van der Waals surface area contributed by atoms with Crippen molar-refractivity contribution in [2.45, 2.75) is 0 Å². The van der Waals surface area contributed by atoms with Crippen molar-refractivity contribution in [1.82, 2.24) is 0 Å². The third-order valence-corrected chi connectivity index (χ3v) is 5.07. The molecule has 1 heterocycles. The highest BCUT2D eigenvalue weighted by atomic mass is 32.3. The number of rotatable bonds is 1. The number of hydrogen-bond donors (Lipinski definition) is 2. The molecule has 0 unspecified atom stereocenters. The first-order chi connectivity index (χ1) is 8.06. The zero-order valence-electron chi connectivity index (χ0n) is 9.00. The molecule has 0 saturated carbocycles. The maximum Gasteiger partial charge on any atom is 0.274 e. The zero-order valence-corrected chi connectivity index (χ0v) is 9.81. The van der Waals surface area contributed by atoms with Gasteiger partial charge in [-0.2, -0.15) is 0 Å². The first kappa shape index (κ1) is 11.5. The number of nitrogens with two attached hydrogens (primary N) is 2. The lowest BCUT2D eigenvalue weighted by atomic mass is 10.1. The van der Waals surface area contributed by atoms with E-state index in [1.165, 1.54) is 5.41 Å². The number of hydrogen-bond acceptors (Lipinski definition) is 2. The van der Waals surface area contributed by atoms with Gasteiger partial charge in [0.25, 0.3) is 10.5 Å². The number of amides is 2. The van der Waals surface area contributed by atoms with E-state index in [9.17, 15) is 9.59 Å². The van der Waals surface area contributed by atoms with Crippen molar-refractivity contribution in [2.24, 2.45) is 11.5 Å². The maximum absolute atomic E-state index is 11.4. The molecule has 17 heavy (non-hydrogen) atoms. The molecule has 2 amide bonds. The van der Waals surface area contributed by atoms with Crippen LogP contribution in [0.15, 0.2) is 47.2 Å². The van der Waals surface area contributed by atoms with Gasteiger partial charge in [0.15, 0.2) is 0 Å². The minimum absolute atomic E-state index is 0.674. The molecule has 0 fully saturated rings. The normalized spacial score (nSPS) is 18.5. The second-order valence-electron chi connectivity index (χ2n) is 3.59. The monoisotopic (exact) mass is 248 g/mol. The van der Waals surface area contributed by atoms with Crippen LogP contribution in [-0.2, 0) is 0 Å². The van der Waals surface area contributed by atoms with Gasteiger partial charge in [-0.1, -0.05) is 30.3 Å². The van der Waals surface area contributed by atoms with Gasteiger partial charge in [-0.15, -0.1) is 0 Å². The minimum Gasteiger partial charge on any atom is -0.361 e. The summed E-state index contributed by atoms with van der Waals surface area (Å²) in [5.74, 6) is 0. The quantitative estimate of drug-likeness (QED) is 0.800. The maximum atomic E-state index is 11.4. The second kappa shape index (κ2) is 4.10. The Morgan fingerprint density at radius 3 is 2.06 bits per heavy atom. The Bertz CT molecular complexity index is 521. The molecule has 0 atom stereocenters. The highest BCUT2D eigenvalue weighted by Crippen LogP contribution is 2.56. The predicted octanol–water partition coefficient (Wildman–Crippen LogP) is 2.52.